The fourth-order valence-electron chi connectivity index (χ4n) is 3.46. The summed E-state index contributed by atoms with van der Waals surface area (Å²) in [5.74, 6) is -1.36. The van der Waals surface area contributed by atoms with Crippen LogP contribution in [0.15, 0.2) is 41.3 Å². The van der Waals surface area contributed by atoms with Crippen molar-refractivity contribution in [3.8, 4) is 5.75 Å². The molecule has 3 rings (SSSR count). The Bertz CT molecular complexity index is 1120. The van der Waals surface area contributed by atoms with Gasteiger partial charge in [0.25, 0.3) is 10.0 Å². The smallest absolute Gasteiger partial charge is 0.409 e. The zero-order valence-electron chi connectivity index (χ0n) is 16.9. The number of ether oxygens (including phenoxy) is 1. The Morgan fingerprint density at radius 1 is 1.26 bits per heavy atom. The number of hydrogen-bond acceptors (Lipinski definition) is 5. The van der Waals surface area contributed by atoms with E-state index in [1.807, 2.05) is 0 Å². The monoisotopic (exact) mass is 451 g/mol. The number of hydrogen-bond donors (Lipinski definition) is 3. The van der Waals surface area contributed by atoms with Crippen molar-refractivity contribution >= 4 is 33.4 Å². The first-order valence-electron chi connectivity index (χ1n) is 9.35. The molecule has 11 heteroatoms. The summed E-state index contributed by atoms with van der Waals surface area (Å²) in [5, 5.41) is 13.9. The van der Waals surface area contributed by atoms with Crippen LogP contribution in [0.25, 0.3) is 0 Å². The molecule has 2 amide bonds. The molecule has 0 saturated heterocycles. The van der Waals surface area contributed by atoms with Crippen molar-refractivity contribution < 1.29 is 32.2 Å². The van der Waals surface area contributed by atoms with Gasteiger partial charge >= 0.3 is 6.09 Å². The van der Waals surface area contributed by atoms with Gasteiger partial charge in [0, 0.05) is 31.8 Å². The van der Waals surface area contributed by atoms with Crippen molar-refractivity contribution in [2.75, 3.05) is 29.8 Å². The van der Waals surface area contributed by atoms with Crippen LogP contribution in [0.5, 0.6) is 5.75 Å². The first kappa shape index (κ1) is 22.3. The lowest BCUT2D eigenvalue weighted by Gasteiger charge is -2.35. The summed E-state index contributed by atoms with van der Waals surface area (Å²) in [6, 6.07) is 7.88. The average Bonchev–Trinajstić information content (AvgIpc) is 2.71. The van der Waals surface area contributed by atoms with Crippen LogP contribution in [-0.2, 0) is 21.2 Å². The third-order valence-corrected chi connectivity index (χ3v) is 6.66. The molecule has 0 bridgehead atoms. The molecule has 0 aliphatic carbocycles. The van der Waals surface area contributed by atoms with E-state index in [1.54, 1.807) is 12.1 Å². The Kier molecular flexibility index (Phi) is 6.34. The van der Waals surface area contributed by atoms with E-state index in [-0.39, 0.29) is 41.2 Å². The molecule has 0 spiro atoms. The number of fused-ring (bicyclic) bond motifs is 1. The zero-order valence-corrected chi connectivity index (χ0v) is 17.7. The molecular formula is C20H22FN3O6S. The highest BCUT2D eigenvalue weighted by molar-refractivity contribution is 7.92. The normalized spacial score (nSPS) is 15.7. The maximum absolute atomic E-state index is 13.8. The summed E-state index contributed by atoms with van der Waals surface area (Å²) in [6.07, 6.45) is -0.793. The molecule has 0 saturated carbocycles. The van der Waals surface area contributed by atoms with Crippen LogP contribution in [0.4, 0.5) is 20.6 Å². The number of carbonyl (C=O) groups excluding carboxylic acids is 1. The minimum atomic E-state index is -4.14. The van der Waals surface area contributed by atoms with E-state index in [0.29, 0.717) is 17.7 Å². The maximum Gasteiger partial charge on any atom is 0.409 e. The van der Waals surface area contributed by atoms with E-state index in [2.05, 4.69) is 10.6 Å². The molecule has 2 aromatic carbocycles. The van der Waals surface area contributed by atoms with Gasteiger partial charge in [-0.05, 0) is 42.2 Å². The summed E-state index contributed by atoms with van der Waals surface area (Å²) in [5.41, 5.74) is 1.20. The van der Waals surface area contributed by atoms with Crippen molar-refractivity contribution in [3.63, 3.8) is 0 Å². The van der Waals surface area contributed by atoms with E-state index >= 15 is 0 Å². The van der Waals surface area contributed by atoms with Gasteiger partial charge in [-0.15, -0.1) is 0 Å². The van der Waals surface area contributed by atoms with E-state index in [0.717, 1.165) is 22.5 Å². The number of amides is 2. The first-order valence-corrected chi connectivity index (χ1v) is 10.8. The highest BCUT2D eigenvalue weighted by atomic mass is 32.2. The number of nitrogens with zero attached hydrogens (tertiary/aromatic N) is 1. The molecule has 0 radical (unpaired) electrons. The Morgan fingerprint density at radius 3 is 2.65 bits per heavy atom. The fraction of sp³-hybridized carbons (Fsp3) is 0.300. The molecule has 1 aliphatic heterocycles. The minimum absolute atomic E-state index is 0.0475. The van der Waals surface area contributed by atoms with Gasteiger partial charge in [0.15, 0.2) is 11.6 Å². The maximum atomic E-state index is 13.8. The third kappa shape index (κ3) is 4.88. The predicted molar refractivity (Wildman–Crippen MR) is 111 cm³/mol. The van der Waals surface area contributed by atoms with Gasteiger partial charge in [-0.1, -0.05) is 6.07 Å². The van der Waals surface area contributed by atoms with Crippen molar-refractivity contribution in [2.45, 2.75) is 18.2 Å². The molecule has 9 nitrogen and oxygen atoms in total. The van der Waals surface area contributed by atoms with Gasteiger partial charge in [0.05, 0.1) is 17.7 Å². The van der Waals surface area contributed by atoms with Gasteiger partial charge in [-0.25, -0.2) is 17.6 Å². The molecule has 1 aliphatic rings. The average molecular weight is 451 g/mol. The molecule has 31 heavy (non-hydrogen) atoms. The van der Waals surface area contributed by atoms with Crippen LogP contribution in [-0.4, -0.2) is 45.7 Å². The summed E-state index contributed by atoms with van der Waals surface area (Å²) >= 11 is 0. The molecule has 0 fully saturated rings. The molecular weight excluding hydrogens is 429 g/mol. The lowest BCUT2D eigenvalue weighted by molar-refractivity contribution is -0.119. The first-order chi connectivity index (χ1) is 14.6. The summed E-state index contributed by atoms with van der Waals surface area (Å²) in [6.45, 7) is 1.69. The molecule has 0 aromatic heterocycles. The molecule has 1 unspecified atom stereocenters. The van der Waals surface area contributed by atoms with Gasteiger partial charge in [-0.3, -0.25) is 14.4 Å². The Morgan fingerprint density at radius 2 is 2.00 bits per heavy atom. The SMILES string of the molecule is COc1cc(S(=O)(=O)N2CC(CNC(C)=O)Cc3ccc(NC(=O)O)cc32)ccc1F. The van der Waals surface area contributed by atoms with E-state index in [9.17, 15) is 22.4 Å². The highest BCUT2D eigenvalue weighted by Gasteiger charge is 2.34. The number of sulfonamides is 1. The number of nitrogens with one attached hydrogen (secondary N) is 2. The van der Waals surface area contributed by atoms with Gasteiger partial charge < -0.3 is 15.2 Å². The number of carbonyl (C=O) groups is 2. The molecule has 166 valence electrons. The Hall–Kier alpha value is -3.34. The minimum Gasteiger partial charge on any atom is -0.494 e. The Labute approximate surface area is 178 Å². The predicted octanol–water partition coefficient (Wildman–Crippen LogP) is 2.43. The van der Waals surface area contributed by atoms with Crippen LogP contribution >= 0.6 is 0 Å². The van der Waals surface area contributed by atoms with Crippen LogP contribution < -0.4 is 19.7 Å². The van der Waals surface area contributed by atoms with Crippen LogP contribution in [0.3, 0.4) is 0 Å². The number of benzene rings is 2. The summed E-state index contributed by atoms with van der Waals surface area (Å²) < 4.78 is 46.8. The number of methoxy groups -OCH3 is 1. The number of carboxylic acid groups (broad SMARTS) is 1. The molecule has 1 atom stereocenters. The highest BCUT2D eigenvalue weighted by Crippen LogP contribution is 2.36. The molecule has 2 aromatic rings. The molecule has 1 heterocycles. The largest absolute Gasteiger partial charge is 0.494 e. The van der Waals surface area contributed by atoms with E-state index in [4.69, 9.17) is 9.84 Å². The van der Waals surface area contributed by atoms with Crippen molar-refractivity contribution in [3.05, 3.63) is 47.8 Å². The van der Waals surface area contributed by atoms with Crippen molar-refractivity contribution in [1.82, 2.24) is 5.32 Å². The van der Waals surface area contributed by atoms with Crippen LogP contribution in [0, 0.1) is 11.7 Å². The van der Waals surface area contributed by atoms with E-state index < -0.39 is 21.9 Å². The summed E-state index contributed by atoms with van der Waals surface area (Å²) in [7, 11) is -2.91. The summed E-state index contributed by atoms with van der Waals surface area (Å²) in [4.78, 5) is 22.2. The second kappa shape index (κ2) is 8.80. The van der Waals surface area contributed by atoms with E-state index in [1.165, 1.54) is 20.1 Å². The molecule has 3 N–H and O–H groups in total. The van der Waals surface area contributed by atoms with Crippen molar-refractivity contribution in [2.24, 2.45) is 5.92 Å². The quantitative estimate of drug-likeness (QED) is 0.620. The van der Waals surface area contributed by atoms with Gasteiger partial charge in [0.1, 0.15) is 0 Å². The topological polar surface area (TPSA) is 125 Å². The van der Waals surface area contributed by atoms with Crippen LogP contribution in [0.2, 0.25) is 0 Å². The van der Waals surface area contributed by atoms with Gasteiger partial charge in [-0.2, -0.15) is 0 Å². The fourth-order valence-corrected chi connectivity index (χ4v) is 5.04. The van der Waals surface area contributed by atoms with Crippen molar-refractivity contribution in [1.29, 1.82) is 0 Å². The third-order valence-electron chi connectivity index (χ3n) is 4.89. The number of halogens is 1. The second-order valence-electron chi connectivity index (χ2n) is 7.11. The zero-order chi connectivity index (χ0) is 22.8. The number of anilines is 2. The Balaban J connectivity index is 2.07. The lowest BCUT2D eigenvalue weighted by Crippen LogP contribution is -2.43. The van der Waals surface area contributed by atoms with Crippen LogP contribution in [0.1, 0.15) is 12.5 Å². The lowest BCUT2D eigenvalue weighted by atomic mass is 9.93. The standard InChI is InChI=1S/C20H22FN3O6S/c1-12(25)22-10-13-7-14-3-4-15(23-20(26)27)8-18(14)24(11-13)31(28,29)16-5-6-17(21)19(9-16)30-2/h3-6,8-9,13,23H,7,10-11H2,1-2H3,(H,22,25)(H,26,27). The van der Waals surface area contributed by atoms with Gasteiger partial charge in [0.2, 0.25) is 5.91 Å². The number of rotatable bonds is 6. The second-order valence-corrected chi connectivity index (χ2v) is 8.98.